The van der Waals surface area contributed by atoms with Gasteiger partial charge in [0, 0.05) is 12.8 Å². The van der Waals surface area contributed by atoms with Crippen LogP contribution in [0.15, 0.2) is 0 Å². The average Bonchev–Trinajstić information content (AvgIpc) is 3.08. The van der Waals surface area contributed by atoms with Crippen molar-refractivity contribution in [2.24, 2.45) is 0 Å². The number of hydrogen-bond donors (Lipinski definition) is 2. The standard InChI is InChI=1S/C24H44O7/c1-3-5-7-9-11-13-15-21(26)29-18-20(24-23(28)19(25)17-30-24)31-22(27)16-14-12-10-8-6-4-2/h19-20,23-25,28H,3-18H2,1-2H3. The number of aliphatic hydroxyl groups is 2. The van der Waals surface area contributed by atoms with Gasteiger partial charge in [-0.05, 0) is 12.8 Å². The molecule has 7 heteroatoms. The summed E-state index contributed by atoms with van der Waals surface area (Å²) >= 11 is 0. The Morgan fingerprint density at radius 2 is 1.35 bits per heavy atom. The largest absolute Gasteiger partial charge is 0.462 e. The fourth-order valence-corrected chi connectivity index (χ4v) is 3.72. The summed E-state index contributed by atoms with van der Waals surface area (Å²) < 4.78 is 16.2. The van der Waals surface area contributed by atoms with Crippen molar-refractivity contribution in [2.45, 2.75) is 128 Å². The third kappa shape index (κ3) is 12.4. The van der Waals surface area contributed by atoms with Crippen molar-refractivity contribution in [3.8, 4) is 0 Å². The zero-order valence-corrected chi connectivity index (χ0v) is 19.6. The Labute approximate surface area is 187 Å². The number of hydrogen-bond acceptors (Lipinski definition) is 7. The molecule has 0 amide bonds. The van der Waals surface area contributed by atoms with Gasteiger partial charge in [-0.15, -0.1) is 0 Å². The van der Waals surface area contributed by atoms with Gasteiger partial charge >= 0.3 is 11.9 Å². The Kier molecular flexibility index (Phi) is 15.6. The molecular formula is C24H44O7. The van der Waals surface area contributed by atoms with Crippen LogP contribution in [0.25, 0.3) is 0 Å². The molecule has 4 unspecified atom stereocenters. The van der Waals surface area contributed by atoms with Gasteiger partial charge < -0.3 is 24.4 Å². The van der Waals surface area contributed by atoms with Crippen LogP contribution < -0.4 is 0 Å². The van der Waals surface area contributed by atoms with Crippen molar-refractivity contribution < 1.29 is 34.0 Å². The predicted octanol–water partition coefficient (Wildman–Crippen LogP) is 4.06. The molecule has 0 saturated carbocycles. The van der Waals surface area contributed by atoms with Crippen LogP contribution in [0.3, 0.4) is 0 Å². The van der Waals surface area contributed by atoms with E-state index in [-0.39, 0.29) is 25.6 Å². The summed E-state index contributed by atoms with van der Waals surface area (Å²) in [5.74, 6) is -0.745. The lowest BCUT2D eigenvalue weighted by atomic mass is 10.1. The van der Waals surface area contributed by atoms with Crippen LogP contribution in [-0.4, -0.2) is 59.8 Å². The van der Waals surface area contributed by atoms with Crippen molar-refractivity contribution >= 4 is 11.9 Å². The molecular weight excluding hydrogens is 400 g/mol. The first-order valence-corrected chi connectivity index (χ1v) is 12.3. The molecule has 1 heterocycles. The summed E-state index contributed by atoms with van der Waals surface area (Å²) in [5, 5.41) is 19.9. The lowest BCUT2D eigenvalue weighted by Gasteiger charge is -2.25. The smallest absolute Gasteiger partial charge is 0.306 e. The SMILES string of the molecule is CCCCCCCCC(=O)OCC(OC(=O)CCCCCCCC)C1OCC(O)C1O. The van der Waals surface area contributed by atoms with Gasteiger partial charge in [0.2, 0.25) is 0 Å². The first-order valence-electron chi connectivity index (χ1n) is 12.3. The molecule has 0 aliphatic carbocycles. The van der Waals surface area contributed by atoms with Gasteiger partial charge in [0.1, 0.15) is 24.9 Å². The van der Waals surface area contributed by atoms with Gasteiger partial charge in [0.25, 0.3) is 0 Å². The van der Waals surface area contributed by atoms with Crippen molar-refractivity contribution in [1.29, 1.82) is 0 Å². The minimum Gasteiger partial charge on any atom is -0.462 e. The van der Waals surface area contributed by atoms with Gasteiger partial charge in [0.15, 0.2) is 6.10 Å². The van der Waals surface area contributed by atoms with Crippen LogP contribution in [0, 0.1) is 0 Å². The van der Waals surface area contributed by atoms with Crippen molar-refractivity contribution in [1.82, 2.24) is 0 Å². The van der Waals surface area contributed by atoms with Crippen LogP contribution in [0.5, 0.6) is 0 Å². The highest BCUT2D eigenvalue weighted by Gasteiger charge is 2.42. The molecule has 4 atom stereocenters. The Morgan fingerprint density at radius 3 is 1.87 bits per heavy atom. The van der Waals surface area contributed by atoms with Gasteiger partial charge in [-0.3, -0.25) is 9.59 Å². The van der Waals surface area contributed by atoms with Gasteiger partial charge in [-0.1, -0.05) is 78.1 Å². The van der Waals surface area contributed by atoms with E-state index in [1.165, 1.54) is 38.5 Å². The lowest BCUT2D eigenvalue weighted by molar-refractivity contribution is -0.170. The van der Waals surface area contributed by atoms with E-state index in [4.69, 9.17) is 14.2 Å². The summed E-state index contributed by atoms with van der Waals surface area (Å²) in [5.41, 5.74) is 0. The maximum atomic E-state index is 12.3. The normalized spacial score (nSPS) is 21.7. The number of rotatable bonds is 18. The fourth-order valence-electron chi connectivity index (χ4n) is 3.72. The monoisotopic (exact) mass is 444 g/mol. The molecule has 1 rings (SSSR count). The average molecular weight is 445 g/mol. The highest BCUT2D eigenvalue weighted by Crippen LogP contribution is 2.21. The molecule has 1 aliphatic heterocycles. The lowest BCUT2D eigenvalue weighted by Crippen LogP contribution is -2.44. The minimum atomic E-state index is -1.18. The zero-order valence-electron chi connectivity index (χ0n) is 19.6. The topological polar surface area (TPSA) is 102 Å². The summed E-state index contributed by atoms with van der Waals surface area (Å²) in [4.78, 5) is 24.3. The van der Waals surface area contributed by atoms with E-state index in [2.05, 4.69) is 13.8 Å². The van der Waals surface area contributed by atoms with E-state index >= 15 is 0 Å². The van der Waals surface area contributed by atoms with Crippen LogP contribution in [0.2, 0.25) is 0 Å². The molecule has 182 valence electrons. The fraction of sp³-hybridized carbons (Fsp3) is 0.917. The number of carbonyl (C=O) groups excluding carboxylic acids is 2. The van der Waals surface area contributed by atoms with Crippen LogP contribution in [0.1, 0.15) is 104 Å². The van der Waals surface area contributed by atoms with E-state index in [1.54, 1.807) is 0 Å². The molecule has 1 fully saturated rings. The highest BCUT2D eigenvalue weighted by atomic mass is 16.6. The predicted molar refractivity (Wildman–Crippen MR) is 119 cm³/mol. The quantitative estimate of drug-likeness (QED) is 0.243. The van der Waals surface area contributed by atoms with E-state index in [9.17, 15) is 19.8 Å². The Balaban J connectivity index is 2.39. The van der Waals surface area contributed by atoms with Crippen molar-refractivity contribution in [3.63, 3.8) is 0 Å². The van der Waals surface area contributed by atoms with Crippen LogP contribution in [0.4, 0.5) is 0 Å². The second-order valence-electron chi connectivity index (χ2n) is 8.60. The van der Waals surface area contributed by atoms with Crippen LogP contribution >= 0.6 is 0 Å². The maximum Gasteiger partial charge on any atom is 0.306 e. The molecule has 0 aromatic carbocycles. The maximum absolute atomic E-state index is 12.3. The third-order valence-corrected chi connectivity index (χ3v) is 5.72. The summed E-state index contributed by atoms with van der Waals surface area (Å²) in [6, 6.07) is 0. The second-order valence-corrected chi connectivity index (χ2v) is 8.60. The second kappa shape index (κ2) is 17.4. The summed E-state index contributed by atoms with van der Waals surface area (Å²) in [6.07, 6.45) is 9.37. The number of aliphatic hydroxyl groups excluding tert-OH is 2. The van der Waals surface area contributed by atoms with Gasteiger partial charge in [-0.25, -0.2) is 0 Å². The molecule has 0 aromatic heterocycles. The number of carbonyl (C=O) groups is 2. The van der Waals surface area contributed by atoms with E-state index in [0.717, 1.165) is 38.5 Å². The Bertz CT molecular complexity index is 483. The molecule has 0 bridgehead atoms. The molecule has 1 aliphatic rings. The van der Waals surface area contributed by atoms with Crippen molar-refractivity contribution in [3.05, 3.63) is 0 Å². The van der Waals surface area contributed by atoms with Crippen molar-refractivity contribution in [2.75, 3.05) is 13.2 Å². The van der Waals surface area contributed by atoms with E-state index < -0.39 is 30.4 Å². The Morgan fingerprint density at radius 1 is 0.839 bits per heavy atom. The summed E-state index contributed by atoms with van der Waals surface area (Å²) in [7, 11) is 0. The number of esters is 2. The Hall–Kier alpha value is -1.18. The van der Waals surface area contributed by atoms with Gasteiger partial charge in [-0.2, -0.15) is 0 Å². The third-order valence-electron chi connectivity index (χ3n) is 5.72. The minimum absolute atomic E-state index is 0.0387. The van der Waals surface area contributed by atoms with Crippen LogP contribution in [-0.2, 0) is 23.8 Å². The molecule has 2 N–H and O–H groups in total. The molecule has 31 heavy (non-hydrogen) atoms. The zero-order chi connectivity index (χ0) is 22.9. The number of unbranched alkanes of at least 4 members (excludes halogenated alkanes) is 10. The molecule has 0 aromatic rings. The first kappa shape index (κ1) is 27.9. The number of ether oxygens (including phenoxy) is 3. The van der Waals surface area contributed by atoms with E-state index in [0.29, 0.717) is 6.42 Å². The molecule has 7 nitrogen and oxygen atoms in total. The van der Waals surface area contributed by atoms with Gasteiger partial charge in [0.05, 0.1) is 6.61 Å². The highest BCUT2D eigenvalue weighted by molar-refractivity contribution is 5.70. The molecule has 1 saturated heterocycles. The molecule has 0 radical (unpaired) electrons. The summed E-state index contributed by atoms with van der Waals surface area (Å²) in [6.45, 7) is 4.11. The first-order chi connectivity index (χ1) is 15.0. The molecule has 0 spiro atoms. The van der Waals surface area contributed by atoms with E-state index in [1.807, 2.05) is 0 Å².